The molecule has 176 valence electrons. The highest BCUT2D eigenvalue weighted by Gasteiger charge is 2.28. The highest BCUT2D eigenvalue weighted by atomic mass is 35.5. The third-order valence-electron chi connectivity index (χ3n) is 6.16. The summed E-state index contributed by atoms with van der Waals surface area (Å²) < 4.78 is 0. The van der Waals surface area contributed by atoms with Gasteiger partial charge < -0.3 is 15.1 Å². The fraction of sp³-hybridized carbons (Fsp3) is 0.407. The van der Waals surface area contributed by atoms with E-state index in [0.717, 1.165) is 47.9 Å². The lowest BCUT2D eigenvalue weighted by molar-refractivity contribution is -0.137. The molecule has 0 saturated carbocycles. The van der Waals surface area contributed by atoms with Crippen molar-refractivity contribution in [2.24, 2.45) is 0 Å². The van der Waals surface area contributed by atoms with Crippen LogP contribution in [0.3, 0.4) is 0 Å². The van der Waals surface area contributed by atoms with Gasteiger partial charge in [0.1, 0.15) is 0 Å². The van der Waals surface area contributed by atoms with Crippen LogP contribution in [0.15, 0.2) is 54.6 Å². The second kappa shape index (κ2) is 12.0. The van der Waals surface area contributed by atoms with Gasteiger partial charge in [-0.25, -0.2) is 0 Å². The van der Waals surface area contributed by atoms with Crippen LogP contribution in [-0.2, 0) is 9.59 Å². The second-order valence-electron chi connectivity index (χ2n) is 8.67. The molecule has 1 heterocycles. The minimum absolute atomic E-state index is 0.00661. The van der Waals surface area contributed by atoms with E-state index in [1.807, 2.05) is 60.4 Å². The summed E-state index contributed by atoms with van der Waals surface area (Å²) in [6.45, 7) is 2.68. The first kappa shape index (κ1) is 25.0. The molecule has 0 aliphatic carbocycles. The van der Waals surface area contributed by atoms with Crippen molar-refractivity contribution in [2.75, 3.05) is 6.54 Å². The van der Waals surface area contributed by atoms with E-state index >= 15 is 0 Å². The number of carbonyl (C=O) groups is 2. The standard InChI is InChI=1S/C27H32ClNO4/c1-19-17-22(28)10-13-24(19)20-7-6-8-21(18-20)25(30)14-11-23-12-15-26(31)29(23)16-5-3-2-4-9-27(32)33/h6-8,10-11,13-14,17-18,23,25,30H,2-5,9,12,15-16H2,1H3,(H,32,33)/t23?,25-/m1/s1. The van der Waals surface area contributed by atoms with Gasteiger partial charge in [0.25, 0.3) is 0 Å². The molecule has 1 amide bonds. The maximum Gasteiger partial charge on any atom is 0.303 e. The molecule has 1 aliphatic heterocycles. The van der Waals surface area contributed by atoms with Crippen LogP contribution in [0.25, 0.3) is 11.1 Å². The fourth-order valence-electron chi connectivity index (χ4n) is 4.34. The number of aliphatic carboxylic acids is 1. The molecule has 1 unspecified atom stereocenters. The summed E-state index contributed by atoms with van der Waals surface area (Å²) in [6, 6.07) is 13.6. The predicted octanol–water partition coefficient (Wildman–Crippen LogP) is 5.93. The zero-order valence-electron chi connectivity index (χ0n) is 19.0. The van der Waals surface area contributed by atoms with E-state index in [2.05, 4.69) is 0 Å². The Bertz CT molecular complexity index is 1000. The van der Waals surface area contributed by atoms with E-state index in [1.165, 1.54) is 0 Å². The maximum atomic E-state index is 12.3. The topological polar surface area (TPSA) is 77.8 Å². The average Bonchev–Trinajstić information content (AvgIpc) is 3.13. The number of likely N-dealkylation sites (tertiary alicyclic amines) is 1. The summed E-state index contributed by atoms with van der Waals surface area (Å²) in [5.41, 5.74) is 3.98. The Morgan fingerprint density at radius 1 is 1.18 bits per heavy atom. The zero-order chi connectivity index (χ0) is 23.8. The molecule has 2 N–H and O–H groups in total. The number of benzene rings is 2. The molecule has 0 aromatic heterocycles. The Balaban J connectivity index is 1.59. The van der Waals surface area contributed by atoms with E-state index in [0.29, 0.717) is 24.4 Å². The second-order valence-corrected chi connectivity index (χ2v) is 9.10. The Morgan fingerprint density at radius 2 is 1.97 bits per heavy atom. The first-order valence-corrected chi connectivity index (χ1v) is 12.0. The maximum absolute atomic E-state index is 12.3. The smallest absolute Gasteiger partial charge is 0.303 e. The molecular formula is C27H32ClNO4. The molecule has 6 heteroatoms. The number of hydrogen-bond acceptors (Lipinski definition) is 3. The van der Waals surface area contributed by atoms with Gasteiger partial charge in [-0.05, 0) is 66.6 Å². The van der Waals surface area contributed by atoms with Crippen molar-refractivity contribution < 1.29 is 19.8 Å². The van der Waals surface area contributed by atoms with Crippen molar-refractivity contribution in [1.82, 2.24) is 4.90 Å². The van der Waals surface area contributed by atoms with Crippen LogP contribution in [0.2, 0.25) is 5.02 Å². The van der Waals surface area contributed by atoms with Gasteiger partial charge in [-0.2, -0.15) is 0 Å². The van der Waals surface area contributed by atoms with Gasteiger partial charge in [-0.15, -0.1) is 0 Å². The number of carbonyl (C=O) groups excluding carboxylic acids is 1. The van der Waals surface area contributed by atoms with Crippen LogP contribution in [0, 0.1) is 6.92 Å². The number of carboxylic acids is 1. The summed E-state index contributed by atoms with van der Waals surface area (Å²) in [6.07, 6.45) is 7.74. The van der Waals surface area contributed by atoms with Crippen LogP contribution in [-0.4, -0.2) is 39.6 Å². The van der Waals surface area contributed by atoms with Gasteiger partial charge in [0, 0.05) is 24.4 Å². The van der Waals surface area contributed by atoms with Crippen LogP contribution < -0.4 is 0 Å². The largest absolute Gasteiger partial charge is 0.481 e. The Kier molecular flexibility index (Phi) is 9.10. The molecule has 2 aromatic carbocycles. The number of nitrogens with zero attached hydrogens (tertiary/aromatic N) is 1. The van der Waals surface area contributed by atoms with E-state index in [1.54, 1.807) is 6.08 Å². The molecule has 2 aromatic rings. The minimum Gasteiger partial charge on any atom is -0.481 e. The van der Waals surface area contributed by atoms with Gasteiger partial charge in [-0.1, -0.05) is 60.9 Å². The van der Waals surface area contributed by atoms with Gasteiger partial charge in [0.15, 0.2) is 0 Å². The molecule has 0 radical (unpaired) electrons. The summed E-state index contributed by atoms with van der Waals surface area (Å²) in [5, 5.41) is 20.2. The van der Waals surface area contributed by atoms with Crippen molar-refractivity contribution in [3.05, 3.63) is 70.8 Å². The molecule has 2 atom stereocenters. The van der Waals surface area contributed by atoms with Gasteiger partial charge in [0.05, 0.1) is 12.1 Å². The number of halogens is 1. The number of rotatable bonds is 11. The van der Waals surface area contributed by atoms with Crippen LogP contribution in [0.5, 0.6) is 0 Å². The average molecular weight is 470 g/mol. The Labute approximate surface area is 200 Å². The van der Waals surface area contributed by atoms with E-state index in [-0.39, 0.29) is 18.4 Å². The number of hydrogen-bond donors (Lipinski definition) is 2. The van der Waals surface area contributed by atoms with Crippen LogP contribution >= 0.6 is 11.6 Å². The molecule has 5 nitrogen and oxygen atoms in total. The number of carboxylic acid groups (broad SMARTS) is 1. The summed E-state index contributed by atoms with van der Waals surface area (Å²) in [5.74, 6) is -0.618. The van der Waals surface area contributed by atoms with Crippen molar-refractivity contribution in [2.45, 2.75) is 64.0 Å². The van der Waals surface area contributed by atoms with Crippen LogP contribution in [0.1, 0.15) is 62.2 Å². The molecule has 0 spiro atoms. The first-order chi connectivity index (χ1) is 15.8. The number of aryl methyl sites for hydroxylation is 1. The van der Waals surface area contributed by atoms with Crippen molar-refractivity contribution in [3.63, 3.8) is 0 Å². The number of amides is 1. The van der Waals surface area contributed by atoms with Gasteiger partial charge in [-0.3, -0.25) is 9.59 Å². The van der Waals surface area contributed by atoms with Crippen molar-refractivity contribution in [1.29, 1.82) is 0 Å². The highest BCUT2D eigenvalue weighted by Crippen LogP contribution is 2.29. The zero-order valence-corrected chi connectivity index (χ0v) is 19.8. The molecule has 3 rings (SSSR count). The first-order valence-electron chi connectivity index (χ1n) is 11.6. The summed E-state index contributed by atoms with van der Waals surface area (Å²) in [4.78, 5) is 24.8. The normalized spacial score (nSPS) is 17.1. The fourth-order valence-corrected chi connectivity index (χ4v) is 4.57. The molecule has 0 bridgehead atoms. The van der Waals surface area contributed by atoms with Gasteiger partial charge >= 0.3 is 5.97 Å². The summed E-state index contributed by atoms with van der Waals surface area (Å²) >= 11 is 6.08. The third kappa shape index (κ3) is 7.18. The molecule has 1 aliphatic rings. The third-order valence-corrected chi connectivity index (χ3v) is 6.39. The Hall–Kier alpha value is -2.63. The van der Waals surface area contributed by atoms with E-state index in [9.17, 15) is 14.7 Å². The summed E-state index contributed by atoms with van der Waals surface area (Å²) in [7, 11) is 0. The molecule has 33 heavy (non-hydrogen) atoms. The highest BCUT2D eigenvalue weighted by molar-refractivity contribution is 6.30. The number of aliphatic hydroxyl groups is 1. The van der Waals surface area contributed by atoms with Gasteiger partial charge in [0.2, 0.25) is 5.91 Å². The lowest BCUT2D eigenvalue weighted by Gasteiger charge is -2.22. The van der Waals surface area contributed by atoms with E-state index < -0.39 is 12.1 Å². The minimum atomic E-state index is -0.762. The quantitative estimate of drug-likeness (QED) is 0.315. The molecular weight excluding hydrogens is 438 g/mol. The predicted molar refractivity (Wildman–Crippen MR) is 131 cm³/mol. The number of unbranched alkanes of at least 4 members (excludes halogenated alkanes) is 3. The van der Waals surface area contributed by atoms with Crippen LogP contribution in [0.4, 0.5) is 0 Å². The SMILES string of the molecule is Cc1cc(Cl)ccc1-c1cccc([C@H](O)C=CC2CCC(=O)N2CCCCCCC(=O)O)c1. The molecule has 1 fully saturated rings. The van der Waals surface area contributed by atoms with Crippen molar-refractivity contribution >= 4 is 23.5 Å². The van der Waals surface area contributed by atoms with E-state index in [4.69, 9.17) is 16.7 Å². The Morgan fingerprint density at radius 3 is 2.73 bits per heavy atom. The molecule has 1 saturated heterocycles. The lowest BCUT2D eigenvalue weighted by Crippen LogP contribution is -2.32. The lowest BCUT2D eigenvalue weighted by atomic mass is 9.97. The monoisotopic (exact) mass is 469 g/mol. The number of aliphatic hydroxyl groups excluding tert-OH is 1. The van der Waals surface area contributed by atoms with Crippen molar-refractivity contribution in [3.8, 4) is 11.1 Å².